The Bertz CT molecular complexity index is 538. The molecule has 1 rings (SSSR count). The second kappa shape index (κ2) is 7.21. The standard InChI is InChI=1S/C16H22F3NO3/c1-10(20-14(22)9-13(21)15(2,3)4)11-6-5-7-12(8-11)23-16(17,18)19/h5-8,10,13,21H,9H2,1-4H3,(H,20,22)/t10-,13-/m0/s1. The van der Waals surface area contributed by atoms with Gasteiger partial charge < -0.3 is 15.2 Å². The second-order valence-corrected chi connectivity index (χ2v) is 6.50. The third kappa shape index (κ3) is 6.90. The van der Waals surface area contributed by atoms with Crippen LogP contribution in [0.1, 0.15) is 45.7 Å². The summed E-state index contributed by atoms with van der Waals surface area (Å²) >= 11 is 0. The Morgan fingerprint density at radius 1 is 1.30 bits per heavy atom. The molecule has 0 aromatic heterocycles. The lowest BCUT2D eigenvalue weighted by molar-refractivity contribution is -0.274. The highest BCUT2D eigenvalue weighted by atomic mass is 19.4. The van der Waals surface area contributed by atoms with E-state index in [1.807, 2.05) is 20.8 Å². The normalized spacial score (nSPS) is 15.0. The molecule has 2 N–H and O–H groups in total. The monoisotopic (exact) mass is 333 g/mol. The summed E-state index contributed by atoms with van der Waals surface area (Å²) in [4.78, 5) is 11.9. The molecule has 0 aliphatic heterocycles. The first kappa shape index (κ1) is 19.3. The van der Waals surface area contributed by atoms with Crippen molar-refractivity contribution in [1.29, 1.82) is 0 Å². The lowest BCUT2D eigenvalue weighted by Gasteiger charge is -2.26. The Labute approximate surface area is 133 Å². The van der Waals surface area contributed by atoms with Gasteiger partial charge in [0, 0.05) is 0 Å². The molecule has 130 valence electrons. The number of hydrogen-bond donors (Lipinski definition) is 2. The molecule has 7 heteroatoms. The number of hydrogen-bond acceptors (Lipinski definition) is 3. The number of aliphatic hydroxyl groups excluding tert-OH is 1. The van der Waals surface area contributed by atoms with Crippen molar-refractivity contribution in [2.24, 2.45) is 5.41 Å². The molecule has 0 radical (unpaired) electrons. The van der Waals surface area contributed by atoms with Gasteiger partial charge in [-0.1, -0.05) is 32.9 Å². The molecule has 23 heavy (non-hydrogen) atoms. The zero-order valence-corrected chi connectivity index (χ0v) is 13.6. The fourth-order valence-corrected chi connectivity index (χ4v) is 1.85. The van der Waals surface area contributed by atoms with Gasteiger partial charge in [0.25, 0.3) is 0 Å². The smallest absolute Gasteiger partial charge is 0.406 e. The zero-order chi connectivity index (χ0) is 17.8. The van der Waals surface area contributed by atoms with Crippen molar-refractivity contribution in [2.45, 2.75) is 52.6 Å². The quantitative estimate of drug-likeness (QED) is 0.866. The first-order valence-corrected chi connectivity index (χ1v) is 7.21. The number of aliphatic hydroxyl groups is 1. The molecule has 0 spiro atoms. The van der Waals surface area contributed by atoms with Gasteiger partial charge in [0.05, 0.1) is 18.6 Å². The van der Waals surface area contributed by atoms with Crippen LogP contribution in [0.5, 0.6) is 5.75 Å². The van der Waals surface area contributed by atoms with Crippen LogP contribution in [0, 0.1) is 5.41 Å². The summed E-state index contributed by atoms with van der Waals surface area (Å²) < 4.78 is 40.5. The van der Waals surface area contributed by atoms with Gasteiger partial charge in [-0.05, 0) is 30.0 Å². The van der Waals surface area contributed by atoms with Gasteiger partial charge in [0.2, 0.25) is 5.91 Å². The highest BCUT2D eigenvalue weighted by Gasteiger charge is 2.31. The minimum atomic E-state index is -4.76. The van der Waals surface area contributed by atoms with Crippen molar-refractivity contribution in [3.63, 3.8) is 0 Å². The highest BCUT2D eigenvalue weighted by molar-refractivity contribution is 5.77. The Hall–Kier alpha value is -1.76. The number of nitrogens with one attached hydrogen (secondary N) is 1. The third-order valence-corrected chi connectivity index (χ3v) is 3.35. The van der Waals surface area contributed by atoms with Crippen LogP contribution in [0.15, 0.2) is 24.3 Å². The summed E-state index contributed by atoms with van der Waals surface area (Å²) in [5, 5.41) is 12.6. The van der Waals surface area contributed by atoms with Crippen LogP contribution in [0.25, 0.3) is 0 Å². The number of carbonyl (C=O) groups is 1. The number of alkyl halides is 3. The maximum Gasteiger partial charge on any atom is 0.573 e. The van der Waals surface area contributed by atoms with E-state index < -0.39 is 23.9 Å². The first-order valence-electron chi connectivity index (χ1n) is 7.21. The van der Waals surface area contributed by atoms with Crippen molar-refractivity contribution in [3.8, 4) is 5.75 Å². The average Bonchev–Trinajstić information content (AvgIpc) is 2.35. The summed E-state index contributed by atoms with van der Waals surface area (Å²) in [5.41, 5.74) is 0.0477. The van der Waals surface area contributed by atoms with E-state index in [-0.39, 0.29) is 18.1 Å². The predicted octanol–water partition coefficient (Wildman–Crippen LogP) is 3.56. The molecule has 1 aromatic carbocycles. The van der Waals surface area contributed by atoms with Gasteiger partial charge in [0.1, 0.15) is 5.75 Å². The van der Waals surface area contributed by atoms with E-state index in [4.69, 9.17) is 0 Å². The van der Waals surface area contributed by atoms with Crippen molar-refractivity contribution < 1.29 is 27.8 Å². The predicted molar refractivity (Wildman–Crippen MR) is 79.8 cm³/mol. The Kier molecular flexibility index (Phi) is 6.04. The van der Waals surface area contributed by atoms with E-state index in [0.29, 0.717) is 5.56 Å². The number of ether oxygens (including phenoxy) is 1. The topological polar surface area (TPSA) is 58.6 Å². The molecule has 0 heterocycles. The molecular formula is C16H22F3NO3. The summed E-state index contributed by atoms with van der Waals surface area (Å²) in [6.07, 6.45) is -5.65. The summed E-state index contributed by atoms with van der Waals surface area (Å²) in [6, 6.07) is 4.91. The zero-order valence-electron chi connectivity index (χ0n) is 13.6. The fraction of sp³-hybridized carbons (Fsp3) is 0.562. The van der Waals surface area contributed by atoms with Gasteiger partial charge in [-0.15, -0.1) is 13.2 Å². The minimum Gasteiger partial charge on any atom is -0.406 e. The molecule has 4 nitrogen and oxygen atoms in total. The fourth-order valence-electron chi connectivity index (χ4n) is 1.85. The van der Waals surface area contributed by atoms with E-state index in [1.165, 1.54) is 18.2 Å². The molecule has 2 atom stereocenters. The number of benzene rings is 1. The molecule has 0 saturated carbocycles. The lowest BCUT2D eigenvalue weighted by atomic mass is 9.87. The van der Waals surface area contributed by atoms with E-state index in [9.17, 15) is 23.1 Å². The maximum absolute atomic E-state index is 12.2. The molecule has 0 saturated heterocycles. The van der Waals surface area contributed by atoms with Crippen LogP contribution in [0.4, 0.5) is 13.2 Å². The van der Waals surface area contributed by atoms with Gasteiger partial charge in [-0.2, -0.15) is 0 Å². The molecule has 0 aliphatic carbocycles. The molecule has 1 aromatic rings. The SMILES string of the molecule is C[C@H](NC(=O)C[C@H](O)C(C)(C)C)c1cccc(OC(F)(F)F)c1. The Morgan fingerprint density at radius 3 is 2.43 bits per heavy atom. The molecule has 0 aliphatic rings. The second-order valence-electron chi connectivity index (χ2n) is 6.50. The molecular weight excluding hydrogens is 311 g/mol. The molecule has 0 unspecified atom stereocenters. The van der Waals surface area contributed by atoms with Crippen molar-refractivity contribution >= 4 is 5.91 Å². The van der Waals surface area contributed by atoms with E-state index >= 15 is 0 Å². The summed E-state index contributed by atoms with van der Waals surface area (Å²) in [7, 11) is 0. The van der Waals surface area contributed by atoms with E-state index in [0.717, 1.165) is 0 Å². The van der Waals surface area contributed by atoms with Crippen molar-refractivity contribution in [2.75, 3.05) is 0 Å². The lowest BCUT2D eigenvalue weighted by Crippen LogP contribution is -2.35. The van der Waals surface area contributed by atoms with Crippen LogP contribution >= 0.6 is 0 Å². The van der Waals surface area contributed by atoms with Crippen molar-refractivity contribution in [1.82, 2.24) is 5.32 Å². The van der Waals surface area contributed by atoms with Gasteiger partial charge in [-0.25, -0.2) is 0 Å². The Morgan fingerprint density at radius 2 is 1.91 bits per heavy atom. The third-order valence-electron chi connectivity index (χ3n) is 3.35. The number of amides is 1. The maximum atomic E-state index is 12.2. The largest absolute Gasteiger partial charge is 0.573 e. The molecule has 0 fully saturated rings. The molecule has 0 bridgehead atoms. The van der Waals surface area contributed by atoms with Crippen LogP contribution in [-0.2, 0) is 4.79 Å². The minimum absolute atomic E-state index is 0.0768. The first-order chi connectivity index (χ1) is 10.4. The van der Waals surface area contributed by atoms with Gasteiger partial charge in [0.15, 0.2) is 0 Å². The summed E-state index contributed by atoms with van der Waals surface area (Å²) in [6.45, 7) is 7.08. The number of halogens is 3. The van der Waals surface area contributed by atoms with Crippen molar-refractivity contribution in [3.05, 3.63) is 29.8 Å². The average molecular weight is 333 g/mol. The molecule has 1 amide bonds. The van der Waals surface area contributed by atoms with Gasteiger partial charge in [-0.3, -0.25) is 4.79 Å². The number of carbonyl (C=O) groups excluding carboxylic acids is 1. The van der Waals surface area contributed by atoms with Crippen LogP contribution in [-0.4, -0.2) is 23.5 Å². The number of rotatable bonds is 5. The van der Waals surface area contributed by atoms with Crippen LogP contribution in [0.3, 0.4) is 0 Å². The van der Waals surface area contributed by atoms with Crippen LogP contribution < -0.4 is 10.1 Å². The van der Waals surface area contributed by atoms with E-state index in [1.54, 1.807) is 13.0 Å². The van der Waals surface area contributed by atoms with Gasteiger partial charge >= 0.3 is 6.36 Å². The summed E-state index contributed by atoms with van der Waals surface area (Å²) in [5.74, 6) is -0.715. The van der Waals surface area contributed by atoms with Crippen LogP contribution in [0.2, 0.25) is 0 Å². The Balaban J connectivity index is 2.69. The van der Waals surface area contributed by atoms with E-state index in [2.05, 4.69) is 10.1 Å². The highest BCUT2D eigenvalue weighted by Crippen LogP contribution is 2.26.